The highest BCUT2D eigenvalue weighted by atomic mass is 16.1. The molecule has 2 aromatic carbocycles. The van der Waals surface area contributed by atoms with Crippen LogP contribution in [0.5, 0.6) is 0 Å². The largest absolute Gasteiger partial charge is 0.303 e. The summed E-state index contributed by atoms with van der Waals surface area (Å²) in [5, 5.41) is 3.88. The van der Waals surface area contributed by atoms with Crippen LogP contribution >= 0.6 is 0 Å². The molecule has 0 aromatic heterocycles. The van der Waals surface area contributed by atoms with Crippen LogP contribution in [0.1, 0.15) is 42.9 Å². The Kier molecular flexibility index (Phi) is 4.07. The van der Waals surface area contributed by atoms with E-state index < -0.39 is 0 Å². The van der Waals surface area contributed by atoms with Crippen LogP contribution < -0.4 is 5.32 Å². The summed E-state index contributed by atoms with van der Waals surface area (Å²) in [6, 6.07) is 21.8. The van der Waals surface area contributed by atoms with Gasteiger partial charge in [0.2, 0.25) is 0 Å². The van der Waals surface area contributed by atoms with Crippen LogP contribution in [0.15, 0.2) is 72.8 Å². The molecule has 2 heteroatoms. The fourth-order valence-electron chi connectivity index (χ4n) is 4.19. The van der Waals surface area contributed by atoms with Crippen LogP contribution in [-0.4, -0.2) is 11.8 Å². The van der Waals surface area contributed by atoms with Crippen molar-refractivity contribution in [2.24, 2.45) is 5.41 Å². The van der Waals surface area contributed by atoms with Gasteiger partial charge in [0.1, 0.15) is 0 Å². The van der Waals surface area contributed by atoms with Gasteiger partial charge in [0.15, 0.2) is 5.78 Å². The minimum absolute atomic E-state index is 0.133. The monoisotopic (exact) mass is 317 g/mol. The first kappa shape index (κ1) is 15.3. The van der Waals surface area contributed by atoms with E-state index >= 15 is 0 Å². The van der Waals surface area contributed by atoms with E-state index in [0.29, 0.717) is 12.5 Å². The summed E-state index contributed by atoms with van der Waals surface area (Å²) in [6.07, 6.45) is 7.84. The van der Waals surface area contributed by atoms with Crippen LogP contribution in [0.4, 0.5) is 0 Å². The highest BCUT2D eigenvalue weighted by Crippen LogP contribution is 2.50. The molecule has 0 radical (unpaired) electrons. The van der Waals surface area contributed by atoms with Gasteiger partial charge in [-0.3, -0.25) is 4.79 Å². The molecule has 2 nitrogen and oxygen atoms in total. The molecular formula is C22H23NO. The van der Waals surface area contributed by atoms with Crippen LogP contribution in [0, 0.1) is 5.41 Å². The highest BCUT2D eigenvalue weighted by molar-refractivity contribution is 5.91. The third-order valence-corrected chi connectivity index (χ3v) is 5.66. The Morgan fingerprint density at radius 3 is 2.08 bits per heavy atom. The number of hydrogen-bond donors (Lipinski definition) is 1. The van der Waals surface area contributed by atoms with Gasteiger partial charge >= 0.3 is 0 Å². The Balaban J connectivity index is 1.61. The lowest BCUT2D eigenvalue weighted by molar-refractivity contribution is -0.120. The van der Waals surface area contributed by atoms with E-state index in [2.05, 4.69) is 72.1 Å². The molecule has 2 aliphatic rings. The number of hydrogen-bond acceptors (Lipinski definition) is 2. The summed E-state index contributed by atoms with van der Waals surface area (Å²) in [5.74, 6) is 0.281. The van der Waals surface area contributed by atoms with Gasteiger partial charge in [0.05, 0.1) is 6.04 Å². The molecule has 0 saturated heterocycles. The molecule has 1 fully saturated rings. The number of nitrogens with one attached hydrogen (secondary N) is 1. The topological polar surface area (TPSA) is 29.1 Å². The molecule has 2 aliphatic carbocycles. The van der Waals surface area contributed by atoms with Gasteiger partial charge in [-0.05, 0) is 41.9 Å². The molecule has 0 bridgehead atoms. The average molecular weight is 317 g/mol. The molecule has 1 N–H and O–H groups in total. The second-order valence-electron chi connectivity index (χ2n) is 7.12. The van der Waals surface area contributed by atoms with Gasteiger partial charge in [0, 0.05) is 12.5 Å². The van der Waals surface area contributed by atoms with Crippen molar-refractivity contribution in [3.63, 3.8) is 0 Å². The summed E-state index contributed by atoms with van der Waals surface area (Å²) in [6.45, 7) is 0. The second kappa shape index (κ2) is 6.37. The van der Waals surface area contributed by atoms with Gasteiger partial charge in [-0.25, -0.2) is 0 Å². The predicted molar refractivity (Wildman–Crippen MR) is 96.7 cm³/mol. The van der Waals surface area contributed by atoms with E-state index in [1.54, 1.807) is 6.08 Å². The molecule has 1 saturated carbocycles. The van der Waals surface area contributed by atoms with Gasteiger partial charge in [0.25, 0.3) is 0 Å². The Morgan fingerprint density at radius 1 is 0.958 bits per heavy atom. The normalized spacial score (nSPS) is 25.9. The number of ketones is 1. The maximum absolute atomic E-state index is 11.9. The molecule has 4 rings (SSSR count). The van der Waals surface area contributed by atoms with E-state index in [4.69, 9.17) is 0 Å². The molecule has 24 heavy (non-hydrogen) atoms. The van der Waals surface area contributed by atoms with Crippen molar-refractivity contribution in [1.82, 2.24) is 5.32 Å². The highest BCUT2D eigenvalue weighted by Gasteiger charge is 2.48. The maximum Gasteiger partial charge on any atom is 0.155 e. The zero-order chi connectivity index (χ0) is 16.4. The smallest absolute Gasteiger partial charge is 0.155 e. The predicted octanol–water partition coefficient (Wildman–Crippen LogP) is 4.43. The summed E-state index contributed by atoms with van der Waals surface area (Å²) < 4.78 is 0. The van der Waals surface area contributed by atoms with Gasteiger partial charge < -0.3 is 5.32 Å². The van der Waals surface area contributed by atoms with E-state index in [-0.39, 0.29) is 17.2 Å². The number of rotatable bonds is 4. The molecule has 2 unspecified atom stereocenters. The fraction of sp³-hybridized carbons (Fsp3) is 0.318. The molecule has 2 aromatic rings. The lowest BCUT2D eigenvalue weighted by Gasteiger charge is -2.52. The average Bonchev–Trinajstić information content (AvgIpc) is 2.63. The SMILES string of the molecule is O=C1C=CCC2(CCC2NC(c2ccccc2)c2ccccc2)C1. The van der Waals surface area contributed by atoms with Gasteiger partial charge in [-0.15, -0.1) is 0 Å². The number of carbonyl (C=O) groups excluding carboxylic acids is 1. The van der Waals surface area contributed by atoms with Crippen molar-refractivity contribution >= 4 is 5.78 Å². The first-order valence-corrected chi connectivity index (χ1v) is 8.82. The summed E-state index contributed by atoms with van der Waals surface area (Å²) in [5.41, 5.74) is 2.69. The van der Waals surface area contributed by atoms with E-state index in [1.807, 2.05) is 0 Å². The van der Waals surface area contributed by atoms with E-state index in [1.165, 1.54) is 11.1 Å². The standard InChI is InChI=1S/C22H23NO/c24-19-12-7-14-22(16-19)15-13-20(22)23-21(17-8-3-1-4-9-17)18-10-5-2-6-11-18/h1-12,20-21,23H,13-16H2. The molecular weight excluding hydrogens is 294 g/mol. The minimum atomic E-state index is 0.133. The summed E-state index contributed by atoms with van der Waals surface area (Å²) >= 11 is 0. The lowest BCUT2D eigenvalue weighted by Crippen LogP contribution is -2.55. The summed E-state index contributed by atoms with van der Waals surface area (Å²) in [4.78, 5) is 11.9. The molecule has 2 atom stereocenters. The molecule has 0 amide bonds. The third kappa shape index (κ3) is 2.83. The zero-order valence-corrected chi connectivity index (χ0v) is 13.8. The minimum Gasteiger partial charge on any atom is -0.303 e. The first-order chi connectivity index (χ1) is 11.8. The van der Waals surface area contributed by atoms with Crippen LogP contribution in [0.25, 0.3) is 0 Å². The van der Waals surface area contributed by atoms with Crippen molar-refractivity contribution in [2.75, 3.05) is 0 Å². The Morgan fingerprint density at radius 2 is 1.58 bits per heavy atom. The van der Waals surface area contributed by atoms with Gasteiger partial charge in [-0.2, -0.15) is 0 Å². The quantitative estimate of drug-likeness (QED) is 0.903. The van der Waals surface area contributed by atoms with Crippen molar-refractivity contribution in [3.8, 4) is 0 Å². The Hall–Kier alpha value is -2.19. The lowest BCUT2D eigenvalue weighted by atomic mass is 9.58. The fourth-order valence-corrected chi connectivity index (χ4v) is 4.19. The first-order valence-electron chi connectivity index (χ1n) is 8.82. The molecule has 1 spiro atoms. The third-order valence-electron chi connectivity index (χ3n) is 5.66. The van der Waals surface area contributed by atoms with Crippen LogP contribution in [0.3, 0.4) is 0 Å². The maximum atomic E-state index is 11.9. The van der Waals surface area contributed by atoms with Crippen LogP contribution in [0.2, 0.25) is 0 Å². The number of benzene rings is 2. The Bertz CT molecular complexity index is 698. The van der Waals surface area contributed by atoms with E-state index in [0.717, 1.165) is 19.3 Å². The van der Waals surface area contributed by atoms with E-state index in [9.17, 15) is 4.79 Å². The molecule has 122 valence electrons. The number of allylic oxidation sites excluding steroid dienone is 2. The molecule has 0 aliphatic heterocycles. The van der Waals surface area contributed by atoms with Crippen LogP contribution in [-0.2, 0) is 4.79 Å². The Labute approximate surface area is 143 Å². The van der Waals surface area contributed by atoms with Gasteiger partial charge in [-0.1, -0.05) is 66.7 Å². The second-order valence-corrected chi connectivity index (χ2v) is 7.12. The summed E-state index contributed by atoms with van der Waals surface area (Å²) in [7, 11) is 0. The zero-order valence-electron chi connectivity index (χ0n) is 13.8. The van der Waals surface area contributed by atoms with Crippen molar-refractivity contribution in [1.29, 1.82) is 0 Å². The number of carbonyl (C=O) groups is 1. The molecule has 0 heterocycles. The van der Waals surface area contributed by atoms with Crippen molar-refractivity contribution < 1.29 is 4.79 Å². The van der Waals surface area contributed by atoms with Crippen molar-refractivity contribution in [2.45, 2.75) is 37.8 Å². The van der Waals surface area contributed by atoms with Crippen molar-refractivity contribution in [3.05, 3.63) is 83.9 Å².